The zero-order valence-electron chi connectivity index (χ0n) is 14.3. The summed E-state index contributed by atoms with van der Waals surface area (Å²) in [5, 5.41) is 0. The fraction of sp³-hybridized carbons (Fsp3) is 0.474. The molecule has 5 heteroatoms. The van der Waals surface area contributed by atoms with Crippen molar-refractivity contribution < 1.29 is 13.9 Å². The molecule has 2 bridgehead atoms. The van der Waals surface area contributed by atoms with Gasteiger partial charge in [-0.2, -0.15) is 0 Å². The number of rotatable bonds is 1. The molecule has 5 nitrogen and oxygen atoms in total. The largest absolute Gasteiger partial charge is 0.444 e. The van der Waals surface area contributed by atoms with Gasteiger partial charge in [0.1, 0.15) is 11.1 Å². The molecule has 2 aliphatic rings. The standard InChI is InChI=1S/C19H22N2O3/c1-19(2,3)24-18(22)21-14-5-6-15(21)9-13(8-14)12-4-7-17-16(10-12)20-11-23-17/h4,7-8,10-11,14-15H,5-6,9H2,1-3H3. The van der Waals surface area contributed by atoms with Crippen LogP contribution in [-0.4, -0.2) is 33.7 Å². The van der Waals surface area contributed by atoms with E-state index in [1.165, 1.54) is 12.0 Å². The van der Waals surface area contributed by atoms with Gasteiger partial charge in [0.05, 0.1) is 6.04 Å². The summed E-state index contributed by atoms with van der Waals surface area (Å²) in [5.74, 6) is 0. The molecule has 2 unspecified atom stereocenters. The van der Waals surface area contributed by atoms with Crippen molar-refractivity contribution in [1.29, 1.82) is 0 Å². The molecule has 1 saturated heterocycles. The highest BCUT2D eigenvalue weighted by molar-refractivity contribution is 5.81. The maximum atomic E-state index is 12.5. The predicted molar refractivity (Wildman–Crippen MR) is 91.5 cm³/mol. The molecule has 2 aliphatic heterocycles. The minimum atomic E-state index is -0.460. The highest BCUT2D eigenvalue weighted by Crippen LogP contribution is 2.39. The third kappa shape index (κ3) is 2.68. The second-order valence-corrected chi connectivity index (χ2v) is 7.62. The lowest BCUT2D eigenvalue weighted by Crippen LogP contribution is -2.45. The first-order chi connectivity index (χ1) is 11.4. The van der Waals surface area contributed by atoms with Gasteiger partial charge in [-0.25, -0.2) is 9.78 Å². The number of fused-ring (bicyclic) bond motifs is 3. The first-order valence-electron chi connectivity index (χ1n) is 8.46. The maximum absolute atomic E-state index is 12.5. The van der Waals surface area contributed by atoms with Crippen molar-refractivity contribution in [2.45, 2.75) is 57.7 Å². The summed E-state index contributed by atoms with van der Waals surface area (Å²) in [5.41, 5.74) is 3.66. The lowest BCUT2D eigenvalue weighted by molar-refractivity contribution is 0.0175. The number of ether oxygens (including phenoxy) is 1. The van der Waals surface area contributed by atoms with Gasteiger partial charge in [-0.1, -0.05) is 12.1 Å². The first-order valence-corrected chi connectivity index (χ1v) is 8.46. The van der Waals surface area contributed by atoms with E-state index in [0.717, 1.165) is 35.9 Å². The smallest absolute Gasteiger partial charge is 0.411 e. The number of hydrogen-bond donors (Lipinski definition) is 0. The lowest BCUT2D eigenvalue weighted by atomic mass is 9.95. The summed E-state index contributed by atoms with van der Waals surface area (Å²) in [7, 11) is 0. The Labute approximate surface area is 141 Å². The molecule has 0 N–H and O–H groups in total. The summed E-state index contributed by atoms with van der Waals surface area (Å²) < 4.78 is 10.9. The van der Waals surface area contributed by atoms with Crippen LogP contribution < -0.4 is 0 Å². The molecule has 0 saturated carbocycles. The van der Waals surface area contributed by atoms with Crippen LogP contribution in [0.5, 0.6) is 0 Å². The second kappa shape index (κ2) is 5.36. The number of benzene rings is 1. The molecule has 0 aliphatic carbocycles. The summed E-state index contributed by atoms with van der Waals surface area (Å²) in [6.45, 7) is 5.72. The number of carbonyl (C=O) groups is 1. The van der Waals surface area contributed by atoms with Crippen LogP contribution in [0, 0.1) is 0 Å². The molecule has 3 heterocycles. The van der Waals surface area contributed by atoms with Gasteiger partial charge in [0.2, 0.25) is 0 Å². The fourth-order valence-corrected chi connectivity index (χ4v) is 3.70. The van der Waals surface area contributed by atoms with E-state index in [4.69, 9.17) is 9.15 Å². The van der Waals surface area contributed by atoms with Crippen LogP contribution in [0.4, 0.5) is 4.79 Å². The number of hydrogen-bond acceptors (Lipinski definition) is 4. The van der Waals surface area contributed by atoms with E-state index in [2.05, 4.69) is 23.2 Å². The molecule has 2 aromatic rings. The van der Waals surface area contributed by atoms with Crippen LogP contribution in [0.25, 0.3) is 16.7 Å². The fourth-order valence-electron chi connectivity index (χ4n) is 3.70. The Kier molecular flexibility index (Phi) is 3.41. The summed E-state index contributed by atoms with van der Waals surface area (Å²) in [6, 6.07) is 6.44. The topological polar surface area (TPSA) is 55.6 Å². The van der Waals surface area contributed by atoms with Gasteiger partial charge in [-0.15, -0.1) is 0 Å². The number of nitrogens with zero attached hydrogens (tertiary/aromatic N) is 2. The van der Waals surface area contributed by atoms with E-state index in [-0.39, 0.29) is 18.2 Å². The third-order valence-electron chi connectivity index (χ3n) is 4.70. The molecule has 1 amide bonds. The zero-order valence-corrected chi connectivity index (χ0v) is 14.3. The van der Waals surface area contributed by atoms with E-state index in [1.54, 1.807) is 0 Å². The minimum Gasteiger partial charge on any atom is -0.444 e. The number of aromatic nitrogens is 1. The Bertz CT molecular complexity index is 815. The van der Waals surface area contributed by atoms with Crippen LogP contribution in [0.1, 0.15) is 45.6 Å². The Balaban J connectivity index is 1.60. The van der Waals surface area contributed by atoms with E-state index >= 15 is 0 Å². The Hall–Kier alpha value is -2.30. The molecule has 0 spiro atoms. The summed E-state index contributed by atoms with van der Waals surface area (Å²) in [4.78, 5) is 18.7. The van der Waals surface area contributed by atoms with Crippen LogP contribution in [0.3, 0.4) is 0 Å². The van der Waals surface area contributed by atoms with Crippen LogP contribution in [0.2, 0.25) is 0 Å². The average molecular weight is 326 g/mol. The van der Waals surface area contributed by atoms with Crippen LogP contribution in [0.15, 0.2) is 35.1 Å². The number of oxazole rings is 1. The number of amides is 1. The normalized spacial score (nSPS) is 23.5. The van der Waals surface area contributed by atoms with Gasteiger partial charge in [-0.05, 0) is 63.3 Å². The van der Waals surface area contributed by atoms with Crippen molar-refractivity contribution in [2.75, 3.05) is 0 Å². The average Bonchev–Trinajstić information content (AvgIpc) is 3.07. The second-order valence-electron chi connectivity index (χ2n) is 7.62. The van der Waals surface area contributed by atoms with Crippen LogP contribution >= 0.6 is 0 Å². The quantitative estimate of drug-likeness (QED) is 0.780. The molecule has 4 rings (SSSR count). The highest BCUT2D eigenvalue weighted by Gasteiger charge is 2.41. The molecular weight excluding hydrogens is 304 g/mol. The van der Waals surface area contributed by atoms with Gasteiger partial charge in [0.15, 0.2) is 12.0 Å². The van der Waals surface area contributed by atoms with Crippen molar-refractivity contribution in [3.8, 4) is 0 Å². The van der Waals surface area contributed by atoms with Gasteiger partial charge >= 0.3 is 6.09 Å². The summed E-state index contributed by atoms with van der Waals surface area (Å²) in [6.07, 6.45) is 6.37. The first kappa shape index (κ1) is 15.2. The molecule has 2 atom stereocenters. The molecule has 126 valence electrons. The minimum absolute atomic E-state index is 0.126. The Morgan fingerprint density at radius 1 is 1.33 bits per heavy atom. The Morgan fingerprint density at radius 3 is 2.92 bits per heavy atom. The van der Waals surface area contributed by atoms with Crippen molar-refractivity contribution in [2.24, 2.45) is 0 Å². The van der Waals surface area contributed by atoms with E-state index in [9.17, 15) is 4.79 Å². The van der Waals surface area contributed by atoms with E-state index in [1.807, 2.05) is 31.7 Å². The maximum Gasteiger partial charge on any atom is 0.411 e. The van der Waals surface area contributed by atoms with Gasteiger partial charge in [0, 0.05) is 6.04 Å². The monoisotopic (exact) mass is 326 g/mol. The molecule has 1 aromatic carbocycles. The van der Waals surface area contributed by atoms with Crippen LogP contribution in [-0.2, 0) is 4.74 Å². The third-order valence-corrected chi connectivity index (χ3v) is 4.70. The van der Waals surface area contributed by atoms with Gasteiger partial charge in [-0.3, -0.25) is 4.90 Å². The molecule has 24 heavy (non-hydrogen) atoms. The highest BCUT2D eigenvalue weighted by atomic mass is 16.6. The molecule has 1 aromatic heterocycles. The number of carbonyl (C=O) groups excluding carboxylic acids is 1. The lowest BCUT2D eigenvalue weighted by Gasteiger charge is -2.35. The molecular formula is C19H22N2O3. The van der Waals surface area contributed by atoms with Gasteiger partial charge < -0.3 is 9.15 Å². The molecule has 1 fully saturated rings. The zero-order chi connectivity index (χ0) is 16.9. The van der Waals surface area contributed by atoms with Crippen molar-refractivity contribution >= 4 is 22.8 Å². The predicted octanol–water partition coefficient (Wildman–Crippen LogP) is 4.38. The van der Waals surface area contributed by atoms with Crippen molar-refractivity contribution in [1.82, 2.24) is 9.88 Å². The summed E-state index contributed by atoms with van der Waals surface area (Å²) >= 11 is 0. The van der Waals surface area contributed by atoms with E-state index < -0.39 is 5.60 Å². The van der Waals surface area contributed by atoms with Gasteiger partial charge in [0.25, 0.3) is 0 Å². The van der Waals surface area contributed by atoms with Crippen molar-refractivity contribution in [3.63, 3.8) is 0 Å². The SMILES string of the molecule is CC(C)(C)OC(=O)N1C2C=C(c3ccc4ocnc4c3)CC1CC2. The van der Waals surface area contributed by atoms with E-state index in [0.29, 0.717) is 0 Å². The molecule has 0 radical (unpaired) electrons. The Morgan fingerprint density at radius 2 is 2.17 bits per heavy atom. The van der Waals surface area contributed by atoms with Crippen molar-refractivity contribution in [3.05, 3.63) is 36.2 Å².